The quantitative estimate of drug-likeness (QED) is 0.908. The molecule has 2 aromatic rings. The van der Waals surface area contributed by atoms with Gasteiger partial charge in [0.05, 0.1) is 5.69 Å². The van der Waals surface area contributed by atoms with Crippen molar-refractivity contribution in [3.05, 3.63) is 52.8 Å². The Balaban J connectivity index is 2.45. The molecular weight excluding hydrogens is 252 g/mol. The third kappa shape index (κ3) is 2.13. The van der Waals surface area contributed by atoms with E-state index < -0.39 is 0 Å². The molecule has 0 radical (unpaired) electrons. The van der Waals surface area contributed by atoms with Gasteiger partial charge in [-0.05, 0) is 46.7 Å². The predicted octanol–water partition coefficient (Wildman–Crippen LogP) is 2.74. The lowest BCUT2D eigenvalue weighted by atomic mass is 10.2. The van der Waals surface area contributed by atoms with Gasteiger partial charge in [-0.15, -0.1) is 0 Å². The first-order chi connectivity index (χ1) is 7.33. The monoisotopic (exact) mass is 264 g/mol. The molecule has 0 unspecified atom stereocenters. The molecule has 0 atom stereocenters. The molecule has 1 heterocycles. The second-order valence-corrected chi connectivity index (χ2v) is 4.21. The average molecular weight is 265 g/mol. The SMILES string of the molecule is NCCc1cccn1-c1ccccc1Br. The van der Waals surface area contributed by atoms with Crippen LogP contribution in [0.25, 0.3) is 5.69 Å². The summed E-state index contributed by atoms with van der Waals surface area (Å²) in [6.45, 7) is 0.675. The number of nitrogens with two attached hydrogens (primary N) is 1. The van der Waals surface area contributed by atoms with Crippen molar-refractivity contribution in [1.82, 2.24) is 4.57 Å². The van der Waals surface area contributed by atoms with Gasteiger partial charge < -0.3 is 10.3 Å². The fraction of sp³-hybridized carbons (Fsp3) is 0.167. The number of para-hydroxylation sites is 1. The van der Waals surface area contributed by atoms with Gasteiger partial charge in [0.2, 0.25) is 0 Å². The third-order valence-electron chi connectivity index (χ3n) is 2.35. The number of halogens is 1. The van der Waals surface area contributed by atoms with Crippen molar-refractivity contribution in [2.45, 2.75) is 6.42 Å². The number of benzene rings is 1. The van der Waals surface area contributed by atoms with Crippen molar-refractivity contribution < 1.29 is 0 Å². The molecule has 0 saturated heterocycles. The van der Waals surface area contributed by atoms with E-state index in [1.807, 2.05) is 24.3 Å². The third-order valence-corrected chi connectivity index (χ3v) is 3.02. The first-order valence-electron chi connectivity index (χ1n) is 4.94. The zero-order valence-corrected chi connectivity index (χ0v) is 9.94. The molecule has 1 aromatic carbocycles. The zero-order chi connectivity index (χ0) is 10.7. The Morgan fingerprint density at radius 1 is 1.13 bits per heavy atom. The second kappa shape index (κ2) is 4.64. The molecule has 0 amide bonds. The highest BCUT2D eigenvalue weighted by Crippen LogP contribution is 2.22. The van der Waals surface area contributed by atoms with E-state index in [0.717, 1.165) is 16.6 Å². The smallest absolute Gasteiger partial charge is 0.0594 e. The van der Waals surface area contributed by atoms with Crippen LogP contribution in [0, 0.1) is 0 Å². The minimum absolute atomic E-state index is 0.675. The molecule has 3 heteroatoms. The van der Waals surface area contributed by atoms with Crippen LogP contribution in [0.3, 0.4) is 0 Å². The molecule has 0 aliphatic carbocycles. The fourth-order valence-electron chi connectivity index (χ4n) is 1.65. The van der Waals surface area contributed by atoms with Gasteiger partial charge in [0.15, 0.2) is 0 Å². The van der Waals surface area contributed by atoms with Crippen LogP contribution < -0.4 is 5.73 Å². The summed E-state index contributed by atoms with van der Waals surface area (Å²) < 4.78 is 3.26. The normalized spacial score (nSPS) is 10.5. The van der Waals surface area contributed by atoms with Gasteiger partial charge in [0.1, 0.15) is 0 Å². The van der Waals surface area contributed by atoms with E-state index in [-0.39, 0.29) is 0 Å². The van der Waals surface area contributed by atoms with Gasteiger partial charge in [0, 0.05) is 22.8 Å². The number of nitrogens with zero attached hydrogens (tertiary/aromatic N) is 1. The molecule has 78 valence electrons. The summed E-state index contributed by atoms with van der Waals surface area (Å²) >= 11 is 3.55. The minimum atomic E-state index is 0.675. The molecule has 1 aromatic heterocycles. The summed E-state index contributed by atoms with van der Waals surface area (Å²) in [6, 6.07) is 12.3. The Morgan fingerprint density at radius 3 is 2.67 bits per heavy atom. The van der Waals surface area contributed by atoms with Gasteiger partial charge in [-0.3, -0.25) is 0 Å². The summed E-state index contributed by atoms with van der Waals surface area (Å²) in [5, 5.41) is 0. The Morgan fingerprint density at radius 2 is 1.93 bits per heavy atom. The Bertz CT molecular complexity index is 448. The molecule has 2 nitrogen and oxygen atoms in total. The molecule has 0 saturated carbocycles. The first kappa shape index (κ1) is 10.5. The predicted molar refractivity (Wildman–Crippen MR) is 66.2 cm³/mol. The van der Waals surface area contributed by atoms with Gasteiger partial charge >= 0.3 is 0 Å². The molecule has 0 bridgehead atoms. The summed E-state index contributed by atoms with van der Waals surface area (Å²) in [6.07, 6.45) is 2.96. The molecular formula is C12H13BrN2. The molecule has 0 aliphatic rings. The van der Waals surface area contributed by atoms with Crippen molar-refractivity contribution >= 4 is 15.9 Å². The standard InChI is InChI=1S/C12H13BrN2/c13-11-5-1-2-6-12(11)15-9-3-4-10(15)7-8-14/h1-6,9H,7-8,14H2. The molecule has 2 N–H and O–H groups in total. The van der Waals surface area contributed by atoms with Crippen LogP contribution in [-0.2, 0) is 6.42 Å². The summed E-state index contributed by atoms with van der Waals surface area (Å²) in [4.78, 5) is 0. The van der Waals surface area contributed by atoms with Gasteiger partial charge in [0.25, 0.3) is 0 Å². The van der Waals surface area contributed by atoms with Crippen LogP contribution in [0.1, 0.15) is 5.69 Å². The van der Waals surface area contributed by atoms with Crippen LogP contribution in [0.4, 0.5) is 0 Å². The summed E-state index contributed by atoms with van der Waals surface area (Å²) in [5.74, 6) is 0. The van der Waals surface area contributed by atoms with E-state index in [4.69, 9.17) is 5.73 Å². The lowest BCUT2D eigenvalue weighted by Crippen LogP contribution is -2.07. The lowest BCUT2D eigenvalue weighted by Gasteiger charge is -2.10. The maximum atomic E-state index is 5.58. The van der Waals surface area contributed by atoms with Crippen LogP contribution in [0.2, 0.25) is 0 Å². The Kier molecular flexibility index (Phi) is 3.23. The number of rotatable bonds is 3. The molecule has 0 fully saturated rings. The van der Waals surface area contributed by atoms with Gasteiger partial charge in [-0.1, -0.05) is 12.1 Å². The van der Waals surface area contributed by atoms with Gasteiger partial charge in [-0.2, -0.15) is 0 Å². The highest BCUT2D eigenvalue weighted by molar-refractivity contribution is 9.10. The summed E-state index contributed by atoms with van der Waals surface area (Å²) in [5.41, 5.74) is 7.98. The number of hydrogen-bond donors (Lipinski definition) is 1. The fourth-order valence-corrected chi connectivity index (χ4v) is 2.13. The Hall–Kier alpha value is -1.06. The van der Waals surface area contributed by atoms with Crippen molar-refractivity contribution in [3.63, 3.8) is 0 Å². The van der Waals surface area contributed by atoms with Crippen LogP contribution >= 0.6 is 15.9 Å². The summed E-state index contributed by atoms with van der Waals surface area (Å²) in [7, 11) is 0. The second-order valence-electron chi connectivity index (χ2n) is 3.36. The Labute approximate surface area is 97.8 Å². The highest BCUT2D eigenvalue weighted by Gasteiger charge is 2.04. The van der Waals surface area contributed by atoms with E-state index in [2.05, 4.69) is 38.8 Å². The topological polar surface area (TPSA) is 30.9 Å². The van der Waals surface area contributed by atoms with Crippen LogP contribution in [-0.4, -0.2) is 11.1 Å². The van der Waals surface area contributed by atoms with E-state index in [9.17, 15) is 0 Å². The maximum Gasteiger partial charge on any atom is 0.0594 e. The minimum Gasteiger partial charge on any atom is -0.330 e. The van der Waals surface area contributed by atoms with Gasteiger partial charge in [-0.25, -0.2) is 0 Å². The molecule has 0 spiro atoms. The van der Waals surface area contributed by atoms with E-state index in [0.29, 0.717) is 6.54 Å². The van der Waals surface area contributed by atoms with E-state index >= 15 is 0 Å². The van der Waals surface area contributed by atoms with Crippen molar-refractivity contribution in [2.24, 2.45) is 5.73 Å². The van der Waals surface area contributed by atoms with Crippen molar-refractivity contribution in [1.29, 1.82) is 0 Å². The highest BCUT2D eigenvalue weighted by atomic mass is 79.9. The van der Waals surface area contributed by atoms with Crippen LogP contribution in [0.15, 0.2) is 47.1 Å². The van der Waals surface area contributed by atoms with Crippen molar-refractivity contribution in [2.75, 3.05) is 6.54 Å². The average Bonchev–Trinajstić information content (AvgIpc) is 2.67. The van der Waals surface area contributed by atoms with E-state index in [1.54, 1.807) is 0 Å². The lowest BCUT2D eigenvalue weighted by molar-refractivity contribution is 0.872. The first-order valence-corrected chi connectivity index (χ1v) is 5.73. The molecule has 0 aliphatic heterocycles. The molecule has 2 rings (SSSR count). The molecule has 15 heavy (non-hydrogen) atoms. The van der Waals surface area contributed by atoms with Crippen LogP contribution in [0.5, 0.6) is 0 Å². The number of hydrogen-bond acceptors (Lipinski definition) is 1. The number of aromatic nitrogens is 1. The van der Waals surface area contributed by atoms with E-state index in [1.165, 1.54) is 5.69 Å². The van der Waals surface area contributed by atoms with Crippen molar-refractivity contribution in [3.8, 4) is 5.69 Å². The maximum absolute atomic E-state index is 5.58. The zero-order valence-electron chi connectivity index (χ0n) is 8.36. The largest absolute Gasteiger partial charge is 0.330 e.